The van der Waals surface area contributed by atoms with Crippen LogP contribution < -0.4 is 10.1 Å². The van der Waals surface area contributed by atoms with Crippen LogP contribution in [-0.4, -0.2) is 35.2 Å². The lowest BCUT2D eigenvalue weighted by Crippen LogP contribution is -2.15. The summed E-state index contributed by atoms with van der Waals surface area (Å²) in [6.45, 7) is 1.34. The first kappa shape index (κ1) is 22.9. The number of benzene rings is 2. The van der Waals surface area contributed by atoms with Gasteiger partial charge in [0.05, 0.1) is 5.69 Å². The number of aromatic nitrogens is 3. The van der Waals surface area contributed by atoms with E-state index in [0.29, 0.717) is 28.5 Å². The highest BCUT2D eigenvalue weighted by molar-refractivity contribution is 6.30. The third kappa shape index (κ3) is 4.99. The van der Waals surface area contributed by atoms with Gasteiger partial charge in [0.1, 0.15) is 18.2 Å². The fourth-order valence-corrected chi connectivity index (χ4v) is 4.08. The Balaban J connectivity index is 1.60. The molecule has 5 rings (SSSR count). The molecule has 174 valence electrons. The Hall–Kier alpha value is -3.87. The Bertz CT molecular complexity index is 1510. The predicted octanol–water partition coefficient (Wildman–Crippen LogP) is 6.42. The molecule has 0 amide bonds. The predicted molar refractivity (Wildman–Crippen MR) is 138 cm³/mol. The minimum atomic E-state index is -0.398. The number of halogens is 2. The summed E-state index contributed by atoms with van der Waals surface area (Å²) in [5.74, 6) is 0.394. The summed E-state index contributed by atoms with van der Waals surface area (Å²) in [5.41, 5.74) is 4.94. The monoisotopic (exact) mass is 484 g/mol. The number of nitrogens with one attached hydrogen (secondary N) is 1. The zero-order chi connectivity index (χ0) is 24.2. The second-order valence-electron chi connectivity index (χ2n) is 8.00. The highest BCUT2D eigenvalue weighted by atomic mass is 35.5. The molecule has 7 heteroatoms. The molecule has 0 atom stereocenters. The van der Waals surface area contributed by atoms with Crippen LogP contribution >= 0.6 is 11.6 Å². The SMILES string of the molecule is CNCCOc1cccc(-c2cncc(-c3cc(-c4cc(Cl)ccc4F)nc4ncccc34)c2)c1. The molecule has 0 aliphatic carbocycles. The van der Waals surface area contributed by atoms with Crippen molar-refractivity contribution in [3.63, 3.8) is 0 Å². The first-order valence-corrected chi connectivity index (χ1v) is 11.5. The van der Waals surface area contributed by atoms with Crippen LogP contribution in [0.5, 0.6) is 5.75 Å². The van der Waals surface area contributed by atoms with Crippen molar-refractivity contribution in [1.82, 2.24) is 20.3 Å². The van der Waals surface area contributed by atoms with Gasteiger partial charge in [-0.3, -0.25) is 4.98 Å². The Morgan fingerprint density at radius 1 is 0.914 bits per heavy atom. The van der Waals surface area contributed by atoms with Gasteiger partial charge in [-0.15, -0.1) is 0 Å². The minimum Gasteiger partial charge on any atom is -0.492 e. The van der Waals surface area contributed by atoms with Crippen LogP contribution in [0.1, 0.15) is 0 Å². The summed E-state index contributed by atoms with van der Waals surface area (Å²) >= 11 is 6.15. The third-order valence-corrected chi connectivity index (χ3v) is 5.86. The second kappa shape index (κ2) is 10.2. The number of pyridine rings is 3. The zero-order valence-corrected chi connectivity index (χ0v) is 19.8. The minimum absolute atomic E-state index is 0.321. The Labute approximate surface area is 207 Å². The highest BCUT2D eigenvalue weighted by Gasteiger charge is 2.14. The van der Waals surface area contributed by atoms with Gasteiger partial charge in [0.15, 0.2) is 5.65 Å². The molecule has 0 unspecified atom stereocenters. The Morgan fingerprint density at radius 2 is 1.80 bits per heavy atom. The van der Waals surface area contributed by atoms with E-state index in [4.69, 9.17) is 16.3 Å². The average Bonchev–Trinajstić information content (AvgIpc) is 2.90. The van der Waals surface area contributed by atoms with Crippen LogP contribution in [0.3, 0.4) is 0 Å². The fraction of sp³-hybridized carbons (Fsp3) is 0.107. The van der Waals surface area contributed by atoms with Crippen LogP contribution in [-0.2, 0) is 0 Å². The number of fused-ring (bicyclic) bond motifs is 1. The summed E-state index contributed by atoms with van der Waals surface area (Å²) in [5, 5.41) is 4.36. The third-order valence-electron chi connectivity index (χ3n) is 5.63. The molecule has 0 aliphatic heterocycles. The topological polar surface area (TPSA) is 59.9 Å². The number of hydrogen-bond donors (Lipinski definition) is 1. The summed E-state index contributed by atoms with van der Waals surface area (Å²) in [6, 6.07) is 20.1. The first-order valence-electron chi connectivity index (χ1n) is 11.2. The van der Waals surface area contributed by atoms with Crippen LogP contribution in [0.25, 0.3) is 44.5 Å². The van der Waals surface area contributed by atoms with Crippen molar-refractivity contribution in [1.29, 1.82) is 0 Å². The van der Waals surface area contributed by atoms with E-state index in [1.807, 2.05) is 55.7 Å². The van der Waals surface area contributed by atoms with E-state index in [1.54, 1.807) is 18.5 Å². The van der Waals surface area contributed by atoms with Gasteiger partial charge >= 0.3 is 0 Å². The lowest BCUT2D eigenvalue weighted by molar-refractivity contribution is 0.318. The van der Waals surface area contributed by atoms with E-state index in [1.165, 1.54) is 12.1 Å². The maximum absolute atomic E-state index is 14.7. The number of nitrogens with zero attached hydrogens (tertiary/aromatic N) is 3. The van der Waals surface area contributed by atoms with Crippen LogP contribution in [0.15, 0.2) is 85.3 Å². The van der Waals surface area contributed by atoms with Gasteiger partial charge in [0, 0.05) is 52.2 Å². The van der Waals surface area contributed by atoms with E-state index < -0.39 is 5.82 Å². The van der Waals surface area contributed by atoms with Crippen molar-refractivity contribution in [3.8, 4) is 39.3 Å². The molecule has 3 aromatic heterocycles. The fourth-order valence-electron chi connectivity index (χ4n) is 3.91. The standard InChI is InChI=1S/C28H22ClFN4O/c1-31-10-11-35-22-5-2-4-18(13-22)19-12-20(17-32-16-19)24-15-27(25-14-21(29)7-8-26(25)30)34-28-23(24)6-3-9-33-28/h2-9,12-17,31H,10-11H2,1H3. The smallest absolute Gasteiger partial charge is 0.160 e. The lowest BCUT2D eigenvalue weighted by atomic mass is 9.98. The molecule has 2 aromatic carbocycles. The van der Waals surface area contributed by atoms with E-state index in [-0.39, 0.29) is 0 Å². The molecule has 35 heavy (non-hydrogen) atoms. The molecule has 3 heterocycles. The van der Waals surface area contributed by atoms with Crippen LogP contribution in [0.2, 0.25) is 5.02 Å². The van der Waals surface area contributed by atoms with Crippen molar-refractivity contribution in [3.05, 3.63) is 96.2 Å². The van der Waals surface area contributed by atoms with E-state index in [0.717, 1.165) is 39.9 Å². The molecule has 0 aliphatic rings. The molecular weight excluding hydrogens is 463 g/mol. The second-order valence-corrected chi connectivity index (χ2v) is 8.43. The highest BCUT2D eigenvalue weighted by Crippen LogP contribution is 2.34. The largest absolute Gasteiger partial charge is 0.492 e. The molecule has 0 saturated carbocycles. The normalized spacial score (nSPS) is 11.1. The van der Waals surface area contributed by atoms with Gasteiger partial charge in [-0.05, 0) is 72.8 Å². The molecule has 5 aromatic rings. The number of likely N-dealkylation sites (N-methyl/N-ethyl adjacent to an activating group) is 1. The molecule has 0 fully saturated rings. The molecule has 0 spiro atoms. The zero-order valence-electron chi connectivity index (χ0n) is 19.0. The molecule has 0 saturated heterocycles. The van der Waals surface area contributed by atoms with Crippen molar-refractivity contribution in [2.45, 2.75) is 0 Å². The average molecular weight is 485 g/mol. The Kier molecular flexibility index (Phi) is 6.66. The summed E-state index contributed by atoms with van der Waals surface area (Å²) < 4.78 is 20.5. The molecule has 1 N–H and O–H groups in total. The maximum atomic E-state index is 14.7. The summed E-state index contributed by atoms with van der Waals surface area (Å²) in [7, 11) is 1.89. The van der Waals surface area contributed by atoms with Gasteiger partial charge in [0.25, 0.3) is 0 Å². The first-order chi connectivity index (χ1) is 17.1. The molecule has 0 radical (unpaired) electrons. The van der Waals surface area contributed by atoms with Crippen molar-refractivity contribution in [2.75, 3.05) is 20.2 Å². The molecule has 0 bridgehead atoms. The molecule has 5 nitrogen and oxygen atoms in total. The van der Waals surface area contributed by atoms with Gasteiger partial charge in [-0.1, -0.05) is 23.7 Å². The van der Waals surface area contributed by atoms with Gasteiger partial charge in [-0.25, -0.2) is 14.4 Å². The van der Waals surface area contributed by atoms with Gasteiger partial charge in [-0.2, -0.15) is 0 Å². The number of hydrogen-bond acceptors (Lipinski definition) is 5. The number of rotatable bonds is 7. The number of ether oxygens (including phenoxy) is 1. The van der Waals surface area contributed by atoms with E-state index in [2.05, 4.69) is 26.3 Å². The van der Waals surface area contributed by atoms with E-state index in [9.17, 15) is 4.39 Å². The van der Waals surface area contributed by atoms with Gasteiger partial charge in [0.2, 0.25) is 0 Å². The van der Waals surface area contributed by atoms with Crippen molar-refractivity contribution in [2.24, 2.45) is 0 Å². The quantitative estimate of drug-likeness (QED) is 0.270. The van der Waals surface area contributed by atoms with Gasteiger partial charge < -0.3 is 10.1 Å². The van der Waals surface area contributed by atoms with Crippen LogP contribution in [0, 0.1) is 5.82 Å². The molecular formula is C28H22ClFN4O. The summed E-state index contributed by atoms with van der Waals surface area (Å²) in [4.78, 5) is 13.5. The van der Waals surface area contributed by atoms with E-state index >= 15 is 0 Å². The maximum Gasteiger partial charge on any atom is 0.160 e. The Morgan fingerprint density at radius 3 is 2.69 bits per heavy atom. The van der Waals surface area contributed by atoms with Crippen molar-refractivity contribution >= 4 is 22.6 Å². The van der Waals surface area contributed by atoms with Crippen LogP contribution in [0.4, 0.5) is 4.39 Å². The summed E-state index contributed by atoms with van der Waals surface area (Å²) in [6.07, 6.45) is 5.28. The lowest BCUT2D eigenvalue weighted by Gasteiger charge is -2.12. The van der Waals surface area contributed by atoms with Crippen molar-refractivity contribution < 1.29 is 9.13 Å².